The van der Waals surface area contributed by atoms with E-state index in [0.717, 1.165) is 34.7 Å². The van der Waals surface area contributed by atoms with E-state index in [1.165, 1.54) is 0 Å². The summed E-state index contributed by atoms with van der Waals surface area (Å²) in [5.41, 5.74) is 1.76. The van der Waals surface area contributed by atoms with Crippen molar-refractivity contribution in [3.63, 3.8) is 0 Å². The standard InChI is InChI=1S/C19H19N3O3S/c1-2-16(23)25-14-5-3-4-13(12-14)18-20-15-6-11-26-17(15)19(21-18)22-7-9-24-10-8-22/h3-6,11-12H,2,7-10H2,1H3. The number of ether oxygens (including phenoxy) is 2. The molecule has 0 saturated carbocycles. The Bertz CT molecular complexity index is 935. The first kappa shape index (κ1) is 16.9. The van der Waals surface area contributed by atoms with Gasteiger partial charge in [0.25, 0.3) is 0 Å². The van der Waals surface area contributed by atoms with E-state index in [1.807, 2.05) is 29.6 Å². The predicted octanol–water partition coefficient (Wildman–Crippen LogP) is 3.51. The van der Waals surface area contributed by atoms with Crippen molar-refractivity contribution in [2.24, 2.45) is 0 Å². The molecule has 0 spiro atoms. The lowest BCUT2D eigenvalue weighted by Crippen LogP contribution is -2.36. The maximum Gasteiger partial charge on any atom is 0.310 e. The smallest absolute Gasteiger partial charge is 0.310 e. The Morgan fingerprint density at radius 1 is 1.27 bits per heavy atom. The maximum atomic E-state index is 11.6. The molecule has 134 valence electrons. The van der Waals surface area contributed by atoms with Gasteiger partial charge in [0.1, 0.15) is 5.75 Å². The van der Waals surface area contributed by atoms with Crippen molar-refractivity contribution in [1.82, 2.24) is 9.97 Å². The summed E-state index contributed by atoms with van der Waals surface area (Å²) in [5.74, 6) is 1.83. The van der Waals surface area contributed by atoms with Gasteiger partial charge in [0, 0.05) is 25.1 Å². The predicted molar refractivity (Wildman–Crippen MR) is 102 cm³/mol. The van der Waals surface area contributed by atoms with Crippen molar-refractivity contribution in [3.05, 3.63) is 35.7 Å². The van der Waals surface area contributed by atoms with Crippen LogP contribution in [0.4, 0.5) is 5.82 Å². The lowest BCUT2D eigenvalue weighted by Gasteiger charge is -2.28. The molecule has 7 heteroatoms. The normalized spacial score (nSPS) is 14.6. The first-order chi connectivity index (χ1) is 12.7. The van der Waals surface area contributed by atoms with Crippen LogP contribution >= 0.6 is 11.3 Å². The number of aromatic nitrogens is 2. The Balaban J connectivity index is 1.75. The summed E-state index contributed by atoms with van der Waals surface area (Å²) in [6.45, 7) is 4.81. The van der Waals surface area contributed by atoms with Gasteiger partial charge in [0.2, 0.25) is 0 Å². The van der Waals surface area contributed by atoms with Crippen molar-refractivity contribution in [2.75, 3.05) is 31.2 Å². The number of anilines is 1. The first-order valence-electron chi connectivity index (χ1n) is 8.63. The molecule has 0 bridgehead atoms. The van der Waals surface area contributed by atoms with Gasteiger partial charge in [0.05, 0.1) is 23.4 Å². The topological polar surface area (TPSA) is 64.5 Å². The number of thiophene rings is 1. The van der Waals surface area contributed by atoms with Crippen molar-refractivity contribution < 1.29 is 14.3 Å². The summed E-state index contributed by atoms with van der Waals surface area (Å²) in [6, 6.07) is 9.37. The van der Waals surface area contributed by atoms with Crippen LogP contribution < -0.4 is 9.64 Å². The van der Waals surface area contributed by atoms with E-state index in [4.69, 9.17) is 19.4 Å². The van der Waals surface area contributed by atoms with Gasteiger partial charge in [-0.15, -0.1) is 11.3 Å². The van der Waals surface area contributed by atoms with E-state index in [9.17, 15) is 4.79 Å². The van der Waals surface area contributed by atoms with Gasteiger partial charge in [-0.3, -0.25) is 4.79 Å². The Labute approximate surface area is 155 Å². The molecule has 1 saturated heterocycles. The number of hydrogen-bond acceptors (Lipinski definition) is 7. The van der Waals surface area contributed by atoms with E-state index in [1.54, 1.807) is 24.3 Å². The second-order valence-electron chi connectivity index (χ2n) is 5.96. The molecule has 0 radical (unpaired) electrons. The van der Waals surface area contributed by atoms with Crippen LogP contribution in [0.25, 0.3) is 21.6 Å². The fourth-order valence-electron chi connectivity index (χ4n) is 2.87. The summed E-state index contributed by atoms with van der Waals surface area (Å²) in [6.07, 6.45) is 0.336. The molecule has 3 heterocycles. The van der Waals surface area contributed by atoms with E-state index in [-0.39, 0.29) is 5.97 Å². The van der Waals surface area contributed by atoms with Crippen LogP contribution in [0, 0.1) is 0 Å². The van der Waals surface area contributed by atoms with Crippen LogP contribution in [0.2, 0.25) is 0 Å². The molecule has 1 aliphatic rings. The molecule has 0 atom stereocenters. The van der Waals surface area contributed by atoms with Crippen molar-refractivity contribution in [2.45, 2.75) is 13.3 Å². The van der Waals surface area contributed by atoms with Crippen molar-refractivity contribution in [1.29, 1.82) is 0 Å². The van der Waals surface area contributed by atoms with Crippen molar-refractivity contribution >= 4 is 33.3 Å². The molecule has 3 aromatic rings. The van der Waals surface area contributed by atoms with Crippen LogP contribution in [0.1, 0.15) is 13.3 Å². The minimum Gasteiger partial charge on any atom is -0.427 e. The molecule has 1 aliphatic heterocycles. The molecule has 26 heavy (non-hydrogen) atoms. The molecule has 0 N–H and O–H groups in total. The SMILES string of the molecule is CCC(=O)Oc1cccc(-c2nc(N3CCOCC3)c3sccc3n2)c1. The van der Waals surface area contributed by atoms with Gasteiger partial charge >= 0.3 is 5.97 Å². The molecule has 2 aromatic heterocycles. The Morgan fingerprint density at radius 2 is 2.12 bits per heavy atom. The lowest BCUT2D eigenvalue weighted by atomic mass is 10.2. The summed E-state index contributed by atoms with van der Waals surface area (Å²) in [5, 5.41) is 2.03. The highest BCUT2D eigenvalue weighted by atomic mass is 32.1. The molecular formula is C19H19N3O3S. The summed E-state index contributed by atoms with van der Waals surface area (Å²) >= 11 is 1.65. The van der Waals surface area contributed by atoms with Crippen molar-refractivity contribution in [3.8, 4) is 17.1 Å². The maximum absolute atomic E-state index is 11.6. The molecule has 1 fully saturated rings. The van der Waals surface area contributed by atoms with E-state index < -0.39 is 0 Å². The summed E-state index contributed by atoms with van der Waals surface area (Å²) in [7, 11) is 0. The zero-order valence-corrected chi connectivity index (χ0v) is 15.3. The van der Waals surface area contributed by atoms with Crippen LogP contribution in [0.5, 0.6) is 5.75 Å². The van der Waals surface area contributed by atoms with Gasteiger partial charge < -0.3 is 14.4 Å². The van der Waals surface area contributed by atoms with E-state index in [0.29, 0.717) is 31.2 Å². The fraction of sp³-hybridized carbons (Fsp3) is 0.316. The Hall–Kier alpha value is -2.51. The number of nitrogens with zero attached hydrogens (tertiary/aromatic N) is 3. The second kappa shape index (κ2) is 7.39. The quantitative estimate of drug-likeness (QED) is 0.518. The van der Waals surface area contributed by atoms with E-state index in [2.05, 4.69) is 4.90 Å². The minimum absolute atomic E-state index is 0.259. The third-order valence-corrected chi connectivity index (χ3v) is 5.11. The van der Waals surface area contributed by atoms with Crippen LogP contribution in [-0.4, -0.2) is 42.2 Å². The molecular weight excluding hydrogens is 350 g/mol. The number of hydrogen-bond donors (Lipinski definition) is 0. The molecule has 4 rings (SSSR count). The highest BCUT2D eigenvalue weighted by molar-refractivity contribution is 7.17. The highest BCUT2D eigenvalue weighted by Gasteiger charge is 2.19. The van der Waals surface area contributed by atoms with Gasteiger partial charge in [-0.1, -0.05) is 19.1 Å². The largest absolute Gasteiger partial charge is 0.427 e. The van der Waals surface area contributed by atoms with Crippen LogP contribution in [0.15, 0.2) is 35.7 Å². The number of esters is 1. The Kier molecular flexibility index (Phi) is 4.81. The third kappa shape index (κ3) is 3.40. The van der Waals surface area contributed by atoms with E-state index >= 15 is 0 Å². The molecule has 0 amide bonds. The van der Waals surface area contributed by atoms with Gasteiger partial charge in [-0.25, -0.2) is 9.97 Å². The molecule has 1 aromatic carbocycles. The van der Waals surface area contributed by atoms with Gasteiger partial charge in [-0.05, 0) is 23.6 Å². The lowest BCUT2D eigenvalue weighted by molar-refractivity contribution is -0.134. The number of carbonyl (C=O) groups is 1. The number of rotatable bonds is 4. The Morgan fingerprint density at radius 3 is 2.92 bits per heavy atom. The zero-order chi connectivity index (χ0) is 17.9. The second-order valence-corrected chi connectivity index (χ2v) is 6.88. The highest BCUT2D eigenvalue weighted by Crippen LogP contribution is 2.32. The number of carbonyl (C=O) groups excluding carboxylic acids is 1. The fourth-order valence-corrected chi connectivity index (χ4v) is 3.72. The summed E-state index contributed by atoms with van der Waals surface area (Å²) in [4.78, 5) is 23.3. The van der Waals surface area contributed by atoms with Gasteiger partial charge in [-0.2, -0.15) is 0 Å². The summed E-state index contributed by atoms with van der Waals surface area (Å²) < 4.78 is 11.9. The first-order valence-corrected chi connectivity index (χ1v) is 9.51. The van der Waals surface area contributed by atoms with Crippen LogP contribution in [-0.2, 0) is 9.53 Å². The number of fused-ring (bicyclic) bond motifs is 1. The average Bonchev–Trinajstić information content (AvgIpc) is 3.16. The number of morpholine rings is 1. The molecule has 0 unspecified atom stereocenters. The minimum atomic E-state index is -0.259. The molecule has 6 nitrogen and oxygen atoms in total. The van der Waals surface area contributed by atoms with Crippen LogP contribution in [0.3, 0.4) is 0 Å². The van der Waals surface area contributed by atoms with Gasteiger partial charge in [0.15, 0.2) is 11.6 Å². The third-order valence-electron chi connectivity index (χ3n) is 4.21. The average molecular weight is 369 g/mol. The molecule has 0 aliphatic carbocycles. The number of benzene rings is 1. The monoisotopic (exact) mass is 369 g/mol. The zero-order valence-electron chi connectivity index (χ0n) is 14.5.